The van der Waals surface area contributed by atoms with Crippen molar-refractivity contribution in [3.05, 3.63) is 24.4 Å². The Balaban J connectivity index is 2.11. The van der Waals surface area contributed by atoms with Crippen LogP contribution in [0.3, 0.4) is 0 Å². The van der Waals surface area contributed by atoms with Crippen molar-refractivity contribution in [1.29, 1.82) is 0 Å². The normalized spacial score (nSPS) is 15.9. The lowest BCUT2D eigenvalue weighted by Gasteiger charge is -2.28. The second kappa shape index (κ2) is 5.23. The molecule has 0 unspecified atom stereocenters. The largest absolute Gasteiger partial charge is 0.422 e. The number of aromatic nitrogens is 3. The Hall–Kier alpha value is -1.91. The Kier molecular flexibility index (Phi) is 3.42. The predicted octanol–water partition coefficient (Wildman–Crippen LogP) is 3.17. The van der Waals surface area contributed by atoms with Crippen molar-refractivity contribution < 1.29 is 4.42 Å². The third-order valence-electron chi connectivity index (χ3n) is 3.82. The van der Waals surface area contributed by atoms with E-state index in [0.717, 1.165) is 23.7 Å². The summed E-state index contributed by atoms with van der Waals surface area (Å²) in [6, 6.07) is 0.516. The van der Waals surface area contributed by atoms with Gasteiger partial charge in [0.25, 0.3) is 5.71 Å². The molecule has 106 valence electrons. The molecule has 1 aliphatic rings. The van der Waals surface area contributed by atoms with Gasteiger partial charge in [0.1, 0.15) is 5.82 Å². The average molecular weight is 272 g/mol. The summed E-state index contributed by atoms with van der Waals surface area (Å²) in [5, 5.41) is 0. The van der Waals surface area contributed by atoms with Crippen molar-refractivity contribution in [2.75, 3.05) is 11.4 Å². The Morgan fingerprint density at radius 2 is 2.00 bits per heavy atom. The van der Waals surface area contributed by atoms with Crippen LogP contribution in [0.1, 0.15) is 37.4 Å². The van der Waals surface area contributed by atoms with Gasteiger partial charge in [0, 0.05) is 19.5 Å². The first-order chi connectivity index (χ1) is 9.69. The maximum absolute atomic E-state index is 5.57. The Morgan fingerprint density at radius 1 is 1.25 bits per heavy atom. The molecule has 1 saturated carbocycles. The smallest absolute Gasteiger partial charge is 0.252 e. The number of hydrogen-bond donors (Lipinski definition) is 0. The van der Waals surface area contributed by atoms with Crippen LogP contribution >= 0.6 is 0 Å². The first kappa shape index (κ1) is 13.1. The molecule has 2 aromatic rings. The van der Waals surface area contributed by atoms with Crippen LogP contribution in [0, 0.1) is 13.8 Å². The standard InChI is InChI=1S/C15H20N4O/c1-4-9-19(12-7-5-6-8-12)14-13-15(17-10(2)16-14)20-11(3)18-13/h4,12H,1,5-9H2,2-3H3. The van der Waals surface area contributed by atoms with Gasteiger partial charge in [0.05, 0.1) is 0 Å². The fraction of sp³-hybridized carbons (Fsp3) is 0.533. The van der Waals surface area contributed by atoms with Crippen molar-refractivity contribution in [3.8, 4) is 0 Å². The van der Waals surface area contributed by atoms with Crippen LogP contribution in [0.25, 0.3) is 11.2 Å². The minimum absolute atomic E-state index is 0.516. The van der Waals surface area contributed by atoms with Gasteiger partial charge in [0.2, 0.25) is 0 Å². The molecule has 0 atom stereocenters. The molecule has 0 amide bonds. The summed E-state index contributed by atoms with van der Waals surface area (Å²) in [5.74, 6) is 2.23. The van der Waals surface area contributed by atoms with Gasteiger partial charge in [-0.3, -0.25) is 0 Å². The SMILES string of the molecule is C=CCN(c1nc(C)nc2oc(C)nc12)C1CCCC1. The van der Waals surface area contributed by atoms with Crippen LogP contribution in [0.5, 0.6) is 0 Å². The van der Waals surface area contributed by atoms with E-state index in [1.165, 1.54) is 25.7 Å². The van der Waals surface area contributed by atoms with E-state index in [1.54, 1.807) is 0 Å². The highest BCUT2D eigenvalue weighted by atomic mass is 16.4. The molecule has 20 heavy (non-hydrogen) atoms. The molecule has 0 spiro atoms. The Labute approximate surface area is 118 Å². The van der Waals surface area contributed by atoms with Crippen molar-refractivity contribution >= 4 is 17.0 Å². The van der Waals surface area contributed by atoms with Gasteiger partial charge in [0.15, 0.2) is 17.2 Å². The monoisotopic (exact) mass is 272 g/mol. The van der Waals surface area contributed by atoms with Gasteiger partial charge in [-0.15, -0.1) is 6.58 Å². The summed E-state index contributed by atoms with van der Waals surface area (Å²) in [7, 11) is 0. The molecule has 1 fully saturated rings. The highest BCUT2D eigenvalue weighted by molar-refractivity contribution is 5.82. The van der Waals surface area contributed by atoms with Gasteiger partial charge < -0.3 is 9.32 Å². The van der Waals surface area contributed by atoms with Crippen LogP contribution in [0.2, 0.25) is 0 Å². The number of anilines is 1. The molecule has 0 radical (unpaired) electrons. The summed E-state index contributed by atoms with van der Waals surface area (Å²) in [6.45, 7) is 8.39. The second-order valence-electron chi connectivity index (χ2n) is 5.36. The summed E-state index contributed by atoms with van der Waals surface area (Å²) in [6.07, 6.45) is 6.89. The third kappa shape index (κ3) is 2.28. The lowest BCUT2D eigenvalue weighted by molar-refractivity contribution is 0.550. The summed E-state index contributed by atoms with van der Waals surface area (Å²) >= 11 is 0. The van der Waals surface area contributed by atoms with E-state index < -0.39 is 0 Å². The summed E-state index contributed by atoms with van der Waals surface area (Å²) in [4.78, 5) is 15.7. The minimum Gasteiger partial charge on any atom is -0.422 e. The van der Waals surface area contributed by atoms with Crippen LogP contribution in [0.15, 0.2) is 17.1 Å². The van der Waals surface area contributed by atoms with Crippen molar-refractivity contribution in [1.82, 2.24) is 15.0 Å². The zero-order chi connectivity index (χ0) is 14.1. The third-order valence-corrected chi connectivity index (χ3v) is 3.82. The van der Waals surface area contributed by atoms with Gasteiger partial charge in [-0.1, -0.05) is 18.9 Å². The Bertz CT molecular complexity index is 628. The lowest BCUT2D eigenvalue weighted by atomic mass is 10.2. The predicted molar refractivity (Wildman–Crippen MR) is 78.9 cm³/mol. The van der Waals surface area contributed by atoms with Crippen molar-refractivity contribution in [3.63, 3.8) is 0 Å². The van der Waals surface area contributed by atoms with Crippen molar-refractivity contribution in [2.45, 2.75) is 45.6 Å². The van der Waals surface area contributed by atoms with E-state index in [-0.39, 0.29) is 0 Å². The Morgan fingerprint density at radius 3 is 2.70 bits per heavy atom. The molecular formula is C15H20N4O. The fourth-order valence-electron chi connectivity index (χ4n) is 2.98. The van der Waals surface area contributed by atoms with E-state index in [4.69, 9.17) is 4.42 Å². The van der Waals surface area contributed by atoms with Gasteiger partial charge >= 0.3 is 0 Å². The first-order valence-electron chi connectivity index (χ1n) is 7.18. The zero-order valence-electron chi connectivity index (χ0n) is 12.1. The molecule has 0 saturated heterocycles. The molecule has 0 N–H and O–H groups in total. The molecule has 3 rings (SSSR count). The maximum atomic E-state index is 5.57. The number of hydrogen-bond acceptors (Lipinski definition) is 5. The molecule has 2 aromatic heterocycles. The van der Waals surface area contributed by atoms with E-state index >= 15 is 0 Å². The van der Waals surface area contributed by atoms with E-state index in [1.807, 2.05) is 19.9 Å². The van der Waals surface area contributed by atoms with E-state index in [2.05, 4.69) is 26.4 Å². The number of fused-ring (bicyclic) bond motifs is 1. The van der Waals surface area contributed by atoms with E-state index in [0.29, 0.717) is 17.6 Å². The second-order valence-corrected chi connectivity index (χ2v) is 5.36. The zero-order valence-corrected chi connectivity index (χ0v) is 12.1. The first-order valence-corrected chi connectivity index (χ1v) is 7.18. The number of rotatable bonds is 4. The van der Waals surface area contributed by atoms with Gasteiger partial charge in [-0.25, -0.2) is 9.97 Å². The number of aryl methyl sites for hydroxylation is 2. The number of oxazole rings is 1. The van der Waals surface area contributed by atoms with Crippen molar-refractivity contribution in [2.24, 2.45) is 0 Å². The average Bonchev–Trinajstić information content (AvgIpc) is 3.03. The summed E-state index contributed by atoms with van der Waals surface area (Å²) < 4.78 is 5.57. The molecule has 0 aromatic carbocycles. The quantitative estimate of drug-likeness (QED) is 0.800. The van der Waals surface area contributed by atoms with Gasteiger partial charge in [-0.2, -0.15) is 4.98 Å². The maximum Gasteiger partial charge on any atom is 0.252 e. The molecule has 5 heteroatoms. The highest BCUT2D eigenvalue weighted by Gasteiger charge is 2.26. The fourth-order valence-corrected chi connectivity index (χ4v) is 2.98. The number of nitrogens with zero attached hydrogens (tertiary/aromatic N) is 4. The molecule has 2 heterocycles. The summed E-state index contributed by atoms with van der Waals surface area (Å²) in [5.41, 5.74) is 1.35. The van der Waals surface area contributed by atoms with Crippen LogP contribution in [-0.2, 0) is 0 Å². The van der Waals surface area contributed by atoms with Crippen LogP contribution < -0.4 is 4.90 Å². The minimum atomic E-state index is 0.516. The molecule has 1 aliphatic carbocycles. The topological polar surface area (TPSA) is 55.1 Å². The van der Waals surface area contributed by atoms with Crippen LogP contribution in [0.4, 0.5) is 5.82 Å². The molecule has 5 nitrogen and oxygen atoms in total. The lowest BCUT2D eigenvalue weighted by Crippen LogP contribution is -2.34. The van der Waals surface area contributed by atoms with Gasteiger partial charge in [-0.05, 0) is 19.8 Å². The highest BCUT2D eigenvalue weighted by Crippen LogP contribution is 2.31. The van der Waals surface area contributed by atoms with E-state index in [9.17, 15) is 0 Å². The molecule has 0 bridgehead atoms. The molecule has 0 aliphatic heterocycles. The molecular weight excluding hydrogens is 252 g/mol. The van der Waals surface area contributed by atoms with Crippen LogP contribution in [-0.4, -0.2) is 27.5 Å².